The van der Waals surface area contributed by atoms with Gasteiger partial charge in [-0.2, -0.15) is 0 Å². The summed E-state index contributed by atoms with van der Waals surface area (Å²) in [6, 6.07) is 12.8. The number of rotatable bonds is 4. The van der Waals surface area contributed by atoms with Crippen LogP contribution >= 0.6 is 23.2 Å². The summed E-state index contributed by atoms with van der Waals surface area (Å²) in [7, 11) is -3.43. The number of benzene rings is 2. The molecule has 2 rings (SSSR count). The van der Waals surface area contributed by atoms with Crippen LogP contribution < -0.4 is 4.74 Å². The van der Waals surface area contributed by atoms with E-state index >= 15 is 0 Å². The van der Waals surface area contributed by atoms with Gasteiger partial charge in [-0.15, -0.1) is 0 Å². The lowest BCUT2D eigenvalue weighted by Gasteiger charge is -2.01. The van der Waals surface area contributed by atoms with Gasteiger partial charge in [-0.25, -0.2) is 8.42 Å². The molecule has 0 heterocycles. The fourth-order valence-corrected chi connectivity index (χ4v) is 2.83. The van der Waals surface area contributed by atoms with Gasteiger partial charge in [0.25, 0.3) is 0 Å². The topological polar surface area (TPSA) is 43.4 Å². The number of sulfone groups is 1. The first kappa shape index (κ1) is 16.7. The maximum atomic E-state index is 12.0. The van der Waals surface area contributed by atoms with Crippen LogP contribution in [0.2, 0.25) is 10.0 Å². The van der Waals surface area contributed by atoms with Gasteiger partial charge in [0.05, 0.1) is 4.90 Å². The maximum absolute atomic E-state index is 12.0. The molecular formula is C16H12Cl2O3S. The highest BCUT2D eigenvalue weighted by molar-refractivity contribution is 7.91. The molecule has 0 spiro atoms. The van der Waals surface area contributed by atoms with Crippen molar-refractivity contribution in [1.82, 2.24) is 0 Å². The molecule has 0 saturated carbocycles. The zero-order chi connectivity index (χ0) is 16.0. The molecule has 0 N–H and O–H groups in total. The van der Waals surface area contributed by atoms with E-state index in [9.17, 15) is 8.42 Å². The van der Waals surface area contributed by atoms with Crippen LogP contribution in [0.5, 0.6) is 5.75 Å². The zero-order valence-electron chi connectivity index (χ0n) is 11.4. The first-order valence-corrected chi connectivity index (χ1v) is 8.70. The zero-order valence-corrected chi connectivity index (χ0v) is 13.8. The number of hydrogen-bond donors (Lipinski definition) is 0. The molecule has 3 nitrogen and oxygen atoms in total. The van der Waals surface area contributed by atoms with Gasteiger partial charge in [0.15, 0.2) is 9.84 Å². The van der Waals surface area contributed by atoms with Crippen LogP contribution in [0.3, 0.4) is 0 Å². The molecule has 0 radical (unpaired) electrons. The Morgan fingerprint density at radius 2 is 1.41 bits per heavy atom. The Labute approximate surface area is 139 Å². The molecule has 0 bridgehead atoms. The Balaban J connectivity index is 1.90. The molecule has 0 atom stereocenters. The monoisotopic (exact) mass is 354 g/mol. The molecule has 0 saturated heterocycles. The van der Waals surface area contributed by atoms with Crippen molar-refractivity contribution in [2.45, 2.75) is 4.90 Å². The lowest BCUT2D eigenvalue weighted by Crippen LogP contribution is -2.05. The molecule has 2 aromatic carbocycles. The van der Waals surface area contributed by atoms with Crippen molar-refractivity contribution in [3.05, 3.63) is 58.6 Å². The molecule has 114 valence electrons. The van der Waals surface area contributed by atoms with Crippen LogP contribution in [0, 0.1) is 11.8 Å². The third-order valence-corrected chi connectivity index (χ3v) is 4.70. The second-order valence-electron chi connectivity index (χ2n) is 4.31. The SMILES string of the molecule is O=S(=O)(CC#CCOc1ccc(Cl)cc1)c1ccc(Cl)cc1. The fourth-order valence-electron chi connectivity index (χ4n) is 1.57. The summed E-state index contributed by atoms with van der Waals surface area (Å²) in [6.07, 6.45) is 0. The van der Waals surface area contributed by atoms with E-state index in [1.807, 2.05) is 0 Å². The van der Waals surface area contributed by atoms with Crippen molar-refractivity contribution >= 4 is 33.0 Å². The highest BCUT2D eigenvalue weighted by Gasteiger charge is 2.11. The molecule has 0 fully saturated rings. The first-order chi connectivity index (χ1) is 10.5. The predicted molar refractivity (Wildman–Crippen MR) is 88.2 cm³/mol. The van der Waals surface area contributed by atoms with E-state index < -0.39 is 9.84 Å². The summed E-state index contributed by atoms with van der Waals surface area (Å²) in [6.45, 7) is 0.109. The highest BCUT2D eigenvalue weighted by Crippen LogP contribution is 2.16. The molecule has 2 aromatic rings. The normalized spacial score (nSPS) is 10.6. The van der Waals surface area contributed by atoms with Crippen molar-refractivity contribution in [1.29, 1.82) is 0 Å². The molecular weight excluding hydrogens is 343 g/mol. The minimum absolute atomic E-state index is 0.109. The predicted octanol–water partition coefficient (Wildman–Crippen LogP) is 3.85. The lowest BCUT2D eigenvalue weighted by atomic mass is 10.3. The van der Waals surface area contributed by atoms with Crippen LogP contribution in [0.1, 0.15) is 0 Å². The van der Waals surface area contributed by atoms with Crippen molar-refractivity contribution in [2.75, 3.05) is 12.4 Å². The molecule has 0 aliphatic carbocycles. The summed E-state index contributed by atoms with van der Waals surface area (Å²) in [5.41, 5.74) is 0. The summed E-state index contributed by atoms with van der Waals surface area (Å²) in [5, 5.41) is 1.11. The van der Waals surface area contributed by atoms with E-state index in [1.54, 1.807) is 24.3 Å². The molecule has 0 amide bonds. The van der Waals surface area contributed by atoms with E-state index in [0.29, 0.717) is 15.8 Å². The molecule has 6 heteroatoms. The van der Waals surface area contributed by atoms with Crippen LogP contribution in [0.15, 0.2) is 53.4 Å². The fraction of sp³-hybridized carbons (Fsp3) is 0.125. The van der Waals surface area contributed by atoms with Crippen molar-refractivity contribution in [2.24, 2.45) is 0 Å². The lowest BCUT2D eigenvalue weighted by molar-refractivity contribution is 0.370. The Hall–Kier alpha value is -1.67. The standard InChI is InChI=1S/C16H12Cl2O3S/c17-13-3-7-15(8-4-13)21-11-1-2-12-22(19,20)16-9-5-14(18)6-10-16/h3-10H,11-12H2. The average Bonchev–Trinajstić information content (AvgIpc) is 2.49. The smallest absolute Gasteiger partial charge is 0.189 e. The minimum atomic E-state index is -3.43. The summed E-state index contributed by atoms with van der Waals surface area (Å²) < 4.78 is 29.4. The van der Waals surface area contributed by atoms with Crippen LogP contribution in [-0.4, -0.2) is 20.8 Å². The number of ether oxygens (including phenoxy) is 1. The van der Waals surface area contributed by atoms with Crippen molar-refractivity contribution in [3.63, 3.8) is 0 Å². The number of hydrogen-bond acceptors (Lipinski definition) is 3. The van der Waals surface area contributed by atoms with Crippen LogP contribution in [0.25, 0.3) is 0 Å². The summed E-state index contributed by atoms with van der Waals surface area (Å²) >= 11 is 11.5. The van der Waals surface area contributed by atoms with E-state index in [2.05, 4.69) is 11.8 Å². The van der Waals surface area contributed by atoms with Crippen LogP contribution in [0.4, 0.5) is 0 Å². The second kappa shape index (κ2) is 7.55. The van der Waals surface area contributed by atoms with Gasteiger partial charge in [-0.1, -0.05) is 35.0 Å². The van der Waals surface area contributed by atoms with Crippen molar-refractivity contribution in [3.8, 4) is 17.6 Å². The molecule has 0 aliphatic rings. The average molecular weight is 355 g/mol. The summed E-state index contributed by atoms with van der Waals surface area (Å²) in [4.78, 5) is 0.199. The third kappa shape index (κ3) is 4.96. The van der Waals surface area contributed by atoms with E-state index in [1.165, 1.54) is 24.3 Å². The highest BCUT2D eigenvalue weighted by atomic mass is 35.5. The van der Waals surface area contributed by atoms with Gasteiger partial charge < -0.3 is 4.74 Å². The van der Waals surface area contributed by atoms with Gasteiger partial charge in [0.1, 0.15) is 18.1 Å². The van der Waals surface area contributed by atoms with E-state index in [-0.39, 0.29) is 17.3 Å². The Kier molecular flexibility index (Phi) is 5.73. The molecule has 0 unspecified atom stereocenters. The molecule has 22 heavy (non-hydrogen) atoms. The molecule has 0 aromatic heterocycles. The Morgan fingerprint density at radius 3 is 2.00 bits per heavy atom. The second-order valence-corrected chi connectivity index (χ2v) is 7.17. The van der Waals surface area contributed by atoms with E-state index in [4.69, 9.17) is 27.9 Å². The van der Waals surface area contributed by atoms with Gasteiger partial charge in [-0.3, -0.25) is 0 Å². The van der Waals surface area contributed by atoms with Crippen molar-refractivity contribution < 1.29 is 13.2 Å². The van der Waals surface area contributed by atoms with Gasteiger partial charge in [-0.05, 0) is 48.5 Å². The Morgan fingerprint density at radius 1 is 0.864 bits per heavy atom. The minimum Gasteiger partial charge on any atom is -0.481 e. The van der Waals surface area contributed by atoms with Gasteiger partial charge >= 0.3 is 0 Å². The maximum Gasteiger partial charge on any atom is 0.189 e. The molecule has 0 aliphatic heterocycles. The third-order valence-electron chi connectivity index (χ3n) is 2.68. The quantitative estimate of drug-likeness (QED) is 0.783. The number of halogens is 2. The summed E-state index contributed by atoms with van der Waals surface area (Å²) in [5.74, 6) is 5.63. The Bertz CT molecular complexity index is 786. The van der Waals surface area contributed by atoms with Gasteiger partial charge in [0.2, 0.25) is 0 Å². The van der Waals surface area contributed by atoms with E-state index in [0.717, 1.165) is 0 Å². The van der Waals surface area contributed by atoms with Crippen LogP contribution in [-0.2, 0) is 9.84 Å². The van der Waals surface area contributed by atoms with Gasteiger partial charge in [0, 0.05) is 10.0 Å². The first-order valence-electron chi connectivity index (χ1n) is 6.30. The largest absolute Gasteiger partial charge is 0.481 e.